The van der Waals surface area contributed by atoms with Gasteiger partial charge in [-0.3, -0.25) is 4.79 Å². The summed E-state index contributed by atoms with van der Waals surface area (Å²) in [7, 11) is 0. The van der Waals surface area contributed by atoms with Gasteiger partial charge in [0.1, 0.15) is 11.6 Å². The predicted octanol–water partition coefficient (Wildman–Crippen LogP) is 3.05. The summed E-state index contributed by atoms with van der Waals surface area (Å²) in [6, 6.07) is 8.74. The van der Waals surface area contributed by atoms with E-state index in [1.165, 1.54) is 0 Å². The maximum Gasteiger partial charge on any atom is 0.251 e. The van der Waals surface area contributed by atoms with Gasteiger partial charge in [-0.2, -0.15) is 0 Å². The molecule has 0 aliphatic carbocycles. The number of nitrogens with zero attached hydrogens (tertiary/aromatic N) is 3. The molecule has 0 saturated carbocycles. The molecule has 8 nitrogen and oxygen atoms in total. The number of rotatable bonds is 8. The van der Waals surface area contributed by atoms with Crippen molar-refractivity contribution < 1.29 is 18.3 Å². The third-order valence-electron chi connectivity index (χ3n) is 4.97. The van der Waals surface area contributed by atoms with Crippen LogP contribution in [-0.2, 0) is 13.0 Å². The van der Waals surface area contributed by atoms with E-state index in [1.807, 2.05) is 6.07 Å². The summed E-state index contributed by atoms with van der Waals surface area (Å²) in [6.45, 7) is 0.897. The fourth-order valence-corrected chi connectivity index (χ4v) is 3.45. The number of pyridine rings is 1. The van der Waals surface area contributed by atoms with Crippen LogP contribution in [0.2, 0.25) is 0 Å². The van der Waals surface area contributed by atoms with Crippen molar-refractivity contribution in [2.75, 3.05) is 24.2 Å². The zero-order chi connectivity index (χ0) is 22.5. The molecule has 3 aromatic rings. The van der Waals surface area contributed by atoms with Crippen molar-refractivity contribution >= 4 is 17.7 Å². The summed E-state index contributed by atoms with van der Waals surface area (Å²) >= 11 is 0. The Kier molecular flexibility index (Phi) is 6.39. The number of nitrogens with one attached hydrogen (secondary N) is 2. The number of amides is 1. The number of benzene rings is 1. The average Bonchev–Trinajstić information content (AvgIpc) is 3.27. The highest BCUT2D eigenvalue weighted by molar-refractivity contribution is 5.94. The lowest BCUT2D eigenvalue weighted by Crippen LogP contribution is -2.25. The number of nitrogens with two attached hydrogens (primary N) is 1. The van der Waals surface area contributed by atoms with E-state index in [2.05, 4.69) is 25.6 Å². The lowest BCUT2D eigenvalue weighted by molar-refractivity contribution is 0.0934. The van der Waals surface area contributed by atoms with Crippen LogP contribution in [0, 0.1) is 0 Å². The van der Waals surface area contributed by atoms with Gasteiger partial charge in [0.25, 0.3) is 5.91 Å². The van der Waals surface area contributed by atoms with Crippen LogP contribution in [-0.4, -0.2) is 40.4 Å². The maximum atomic E-state index is 12.3. The monoisotopic (exact) mass is 440 g/mol. The number of carbonyl (C=O) groups is 1. The Morgan fingerprint density at radius 2 is 2.12 bits per heavy atom. The van der Waals surface area contributed by atoms with Gasteiger partial charge in [0.15, 0.2) is 0 Å². The van der Waals surface area contributed by atoms with E-state index in [0.717, 1.165) is 16.7 Å². The minimum atomic E-state index is -2.44. The second-order valence-corrected chi connectivity index (χ2v) is 7.22. The van der Waals surface area contributed by atoms with E-state index < -0.39 is 6.43 Å². The first kappa shape index (κ1) is 21.4. The molecule has 0 saturated heterocycles. The van der Waals surface area contributed by atoms with Gasteiger partial charge in [0, 0.05) is 49.5 Å². The van der Waals surface area contributed by atoms with Crippen molar-refractivity contribution in [3.05, 3.63) is 59.4 Å². The summed E-state index contributed by atoms with van der Waals surface area (Å²) in [5.41, 5.74) is 9.30. The van der Waals surface area contributed by atoms with Crippen LogP contribution in [0.4, 0.5) is 20.5 Å². The highest BCUT2D eigenvalue weighted by atomic mass is 19.3. The molecule has 3 heterocycles. The van der Waals surface area contributed by atoms with E-state index >= 15 is 0 Å². The zero-order valence-electron chi connectivity index (χ0n) is 17.1. The molecule has 10 heteroatoms. The summed E-state index contributed by atoms with van der Waals surface area (Å²) in [5, 5.41) is 5.80. The summed E-state index contributed by atoms with van der Waals surface area (Å²) in [4.78, 5) is 24.9. The van der Waals surface area contributed by atoms with Crippen molar-refractivity contribution in [2.24, 2.45) is 0 Å². The molecule has 1 amide bonds. The molecule has 166 valence electrons. The normalized spacial score (nSPS) is 12.3. The van der Waals surface area contributed by atoms with Crippen LogP contribution in [0.5, 0.6) is 5.75 Å². The number of hydrogen-bond acceptors (Lipinski definition) is 7. The third kappa shape index (κ3) is 4.90. The van der Waals surface area contributed by atoms with Crippen LogP contribution in [0.3, 0.4) is 0 Å². The maximum absolute atomic E-state index is 12.3. The first-order valence-electron chi connectivity index (χ1n) is 10.1. The fraction of sp³-hybridized carbons (Fsp3) is 0.273. The zero-order valence-corrected chi connectivity index (χ0v) is 17.1. The highest BCUT2D eigenvalue weighted by Crippen LogP contribution is 2.39. The molecule has 4 N–H and O–H groups in total. The molecule has 4 rings (SSSR count). The number of carbonyl (C=O) groups excluding carboxylic acids is 1. The number of alkyl halides is 2. The van der Waals surface area contributed by atoms with E-state index in [0.29, 0.717) is 42.4 Å². The molecule has 0 atom stereocenters. The van der Waals surface area contributed by atoms with E-state index in [1.54, 1.807) is 36.7 Å². The Morgan fingerprint density at radius 3 is 2.94 bits per heavy atom. The molecule has 0 bridgehead atoms. The Morgan fingerprint density at radius 1 is 1.25 bits per heavy atom. The van der Waals surface area contributed by atoms with Crippen molar-refractivity contribution in [2.45, 2.75) is 25.8 Å². The van der Waals surface area contributed by atoms with Gasteiger partial charge in [0.05, 0.1) is 17.9 Å². The van der Waals surface area contributed by atoms with Crippen molar-refractivity contribution in [1.82, 2.24) is 20.3 Å². The lowest BCUT2D eigenvalue weighted by atomic mass is 10.1. The fourth-order valence-electron chi connectivity index (χ4n) is 3.45. The Balaban J connectivity index is 1.47. The van der Waals surface area contributed by atoms with Crippen LogP contribution in [0.25, 0.3) is 11.3 Å². The SMILES string of the molecule is Nc1nccc(-c2cnc(NCc3cccc(C(=O)NCCC(F)F)c3)c3c2OCC3)n1. The smallest absolute Gasteiger partial charge is 0.251 e. The van der Waals surface area contributed by atoms with Crippen LogP contribution < -0.4 is 21.1 Å². The average molecular weight is 440 g/mol. The molecular weight excluding hydrogens is 418 g/mol. The summed E-state index contributed by atoms with van der Waals surface area (Å²) < 4.78 is 30.4. The number of hydrogen-bond donors (Lipinski definition) is 3. The highest BCUT2D eigenvalue weighted by Gasteiger charge is 2.23. The molecule has 0 fully saturated rings. The molecule has 0 unspecified atom stereocenters. The predicted molar refractivity (Wildman–Crippen MR) is 116 cm³/mol. The van der Waals surface area contributed by atoms with Gasteiger partial charge in [-0.05, 0) is 23.8 Å². The van der Waals surface area contributed by atoms with Gasteiger partial charge < -0.3 is 21.1 Å². The van der Waals surface area contributed by atoms with E-state index in [4.69, 9.17) is 10.5 Å². The largest absolute Gasteiger partial charge is 0.492 e. The number of nitrogen functional groups attached to an aromatic ring is 1. The minimum absolute atomic E-state index is 0.0701. The van der Waals surface area contributed by atoms with Gasteiger partial charge in [0.2, 0.25) is 12.4 Å². The Labute approximate surface area is 183 Å². The van der Waals surface area contributed by atoms with Crippen LogP contribution >= 0.6 is 0 Å². The first-order valence-corrected chi connectivity index (χ1v) is 10.1. The van der Waals surface area contributed by atoms with E-state index in [-0.39, 0.29) is 24.8 Å². The van der Waals surface area contributed by atoms with Crippen molar-refractivity contribution in [3.8, 4) is 17.0 Å². The third-order valence-corrected chi connectivity index (χ3v) is 4.97. The number of aromatic nitrogens is 3. The molecule has 2 aromatic heterocycles. The lowest BCUT2D eigenvalue weighted by Gasteiger charge is -2.13. The number of fused-ring (bicyclic) bond motifs is 1. The van der Waals surface area contributed by atoms with Gasteiger partial charge >= 0.3 is 0 Å². The molecule has 0 radical (unpaired) electrons. The van der Waals surface area contributed by atoms with Gasteiger partial charge in [-0.15, -0.1) is 0 Å². The van der Waals surface area contributed by atoms with E-state index in [9.17, 15) is 13.6 Å². The molecule has 0 spiro atoms. The van der Waals surface area contributed by atoms with Gasteiger partial charge in [-0.1, -0.05) is 12.1 Å². The first-order chi connectivity index (χ1) is 15.5. The summed E-state index contributed by atoms with van der Waals surface area (Å²) in [6.07, 6.45) is 1.15. The molecule has 1 aliphatic rings. The Bertz CT molecular complexity index is 1130. The van der Waals surface area contributed by atoms with Crippen molar-refractivity contribution in [1.29, 1.82) is 0 Å². The molecular formula is C22H22F2N6O2. The second-order valence-electron chi connectivity index (χ2n) is 7.22. The number of halogens is 2. The number of anilines is 2. The van der Waals surface area contributed by atoms with Gasteiger partial charge in [-0.25, -0.2) is 23.7 Å². The quantitative estimate of drug-likeness (QED) is 0.493. The molecule has 32 heavy (non-hydrogen) atoms. The minimum Gasteiger partial charge on any atom is -0.492 e. The van der Waals surface area contributed by atoms with Crippen LogP contribution in [0.1, 0.15) is 27.9 Å². The number of ether oxygens (including phenoxy) is 1. The molecule has 1 aromatic carbocycles. The second kappa shape index (κ2) is 9.54. The summed E-state index contributed by atoms with van der Waals surface area (Å²) in [5.74, 6) is 1.20. The van der Waals surface area contributed by atoms with Crippen molar-refractivity contribution in [3.63, 3.8) is 0 Å². The Hall–Kier alpha value is -3.82. The molecule has 1 aliphatic heterocycles. The standard InChI is InChI=1S/C22H22F2N6O2/c23-18(24)5-8-26-21(31)14-3-1-2-13(10-14)11-28-20-15-6-9-32-19(15)16(12-29-20)17-4-7-27-22(25)30-17/h1-4,7,10,12,18H,5-6,8-9,11H2,(H,26,31)(H,28,29)(H2,25,27,30). The topological polar surface area (TPSA) is 115 Å². The van der Waals surface area contributed by atoms with Crippen LogP contribution in [0.15, 0.2) is 42.7 Å².